The molecule has 5 fully saturated rings. The first-order valence-corrected chi connectivity index (χ1v) is 12.8. The third-order valence-electron chi connectivity index (χ3n) is 10.2. The average molecular weight is 466 g/mol. The van der Waals surface area contributed by atoms with E-state index in [1.165, 1.54) is 13.5 Å². The van der Waals surface area contributed by atoms with Gasteiger partial charge in [-0.15, -0.1) is 0 Å². The smallest absolute Gasteiger partial charge is 0.337 e. The number of nitrogens with zero attached hydrogens (tertiary/aromatic N) is 1. The Balaban J connectivity index is 1.35. The summed E-state index contributed by atoms with van der Waals surface area (Å²) in [5.74, 6) is 0.546. The molecule has 9 atom stereocenters. The Morgan fingerprint density at radius 3 is 2.45 bits per heavy atom. The van der Waals surface area contributed by atoms with E-state index < -0.39 is 12.4 Å². The fraction of sp³-hybridized carbons (Fsp3) is 0.962. The summed E-state index contributed by atoms with van der Waals surface area (Å²) in [5.41, 5.74) is -0.000703. The number of rotatable bonds is 5. The molecule has 3 aliphatic carbocycles. The van der Waals surface area contributed by atoms with Crippen molar-refractivity contribution in [2.24, 2.45) is 34.0 Å². The molecule has 0 amide bonds. The number of hydrogen-bond donors (Lipinski definition) is 0. The lowest BCUT2D eigenvalue weighted by molar-refractivity contribution is -0.464. The van der Waals surface area contributed by atoms with E-state index in [0.717, 1.165) is 25.7 Å². The highest BCUT2D eigenvalue weighted by Crippen LogP contribution is 2.67. The molecular weight excluding hydrogens is 422 g/mol. The third kappa shape index (κ3) is 3.36. The normalized spacial score (nSPS) is 48.3. The van der Waals surface area contributed by atoms with E-state index in [4.69, 9.17) is 23.9 Å². The predicted molar refractivity (Wildman–Crippen MR) is 122 cm³/mol. The van der Waals surface area contributed by atoms with Gasteiger partial charge in [-0.25, -0.2) is 9.63 Å². The number of hydroxylamine groups is 2. The number of methoxy groups -OCH3 is 1. The molecule has 33 heavy (non-hydrogen) atoms. The standard InChI is InChI=1S/C26H43NO6/c1-23(2,3)14-30-21-19(16-11-12-25(21,6)24(16,4)5)31-18-13-15-9-10-17-20(22(28)29-8)33-27(32-18)26(15,17)7/h15-21H,9-14H2,1-8H3/t15-,16?,17+,18+,19?,20-,21?,25+,26+/m1/s1. The topological polar surface area (TPSA) is 66.5 Å². The molecule has 7 heteroatoms. The molecule has 0 N–H and O–H groups in total. The number of hydrogen-bond acceptors (Lipinski definition) is 7. The molecule has 0 aromatic rings. The van der Waals surface area contributed by atoms with E-state index in [9.17, 15) is 4.79 Å². The first-order valence-electron chi connectivity index (χ1n) is 12.8. The highest BCUT2D eigenvalue weighted by molar-refractivity contribution is 5.75. The molecule has 2 heterocycles. The van der Waals surface area contributed by atoms with Gasteiger partial charge in [0.15, 0.2) is 12.4 Å². The summed E-state index contributed by atoms with van der Waals surface area (Å²) in [4.78, 5) is 24.7. The summed E-state index contributed by atoms with van der Waals surface area (Å²) in [6, 6.07) is 0. The zero-order chi connectivity index (χ0) is 24.0. The molecule has 3 saturated carbocycles. The van der Waals surface area contributed by atoms with Crippen LogP contribution in [0.2, 0.25) is 0 Å². The van der Waals surface area contributed by atoms with Crippen molar-refractivity contribution in [3.05, 3.63) is 0 Å². The van der Waals surface area contributed by atoms with Crippen molar-refractivity contribution in [2.45, 2.75) is 111 Å². The molecule has 3 unspecified atom stereocenters. The molecule has 7 nitrogen and oxygen atoms in total. The van der Waals surface area contributed by atoms with Crippen molar-refractivity contribution in [2.75, 3.05) is 13.7 Å². The van der Waals surface area contributed by atoms with Crippen LogP contribution in [0, 0.1) is 34.0 Å². The maximum atomic E-state index is 12.4. The van der Waals surface area contributed by atoms with E-state index in [1.54, 1.807) is 5.23 Å². The van der Waals surface area contributed by atoms with E-state index in [-0.39, 0.29) is 45.9 Å². The van der Waals surface area contributed by atoms with Gasteiger partial charge in [0.05, 0.1) is 31.5 Å². The Morgan fingerprint density at radius 2 is 1.79 bits per heavy atom. The highest BCUT2D eigenvalue weighted by atomic mass is 17.0. The van der Waals surface area contributed by atoms with Crippen LogP contribution < -0.4 is 0 Å². The summed E-state index contributed by atoms with van der Waals surface area (Å²) in [6.07, 6.45) is 4.14. The zero-order valence-corrected chi connectivity index (χ0v) is 21.7. The second kappa shape index (κ2) is 7.63. The second-order valence-electron chi connectivity index (χ2n) is 13.4. The van der Waals surface area contributed by atoms with Crippen LogP contribution in [-0.4, -0.2) is 55.1 Å². The molecule has 0 aromatic carbocycles. The van der Waals surface area contributed by atoms with Crippen molar-refractivity contribution < 1.29 is 28.7 Å². The summed E-state index contributed by atoms with van der Waals surface area (Å²) < 4.78 is 18.5. The van der Waals surface area contributed by atoms with Gasteiger partial charge < -0.3 is 14.2 Å². The minimum atomic E-state index is -0.605. The maximum Gasteiger partial charge on any atom is 0.337 e. The Bertz CT molecular complexity index is 794. The van der Waals surface area contributed by atoms with Crippen molar-refractivity contribution in [1.29, 1.82) is 0 Å². The van der Waals surface area contributed by atoms with Gasteiger partial charge in [-0.3, -0.25) is 4.84 Å². The van der Waals surface area contributed by atoms with Gasteiger partial charge in [-0.05, 0) is 55.3 Å². The molecule has 2 bridgehead atoms. The lowest BCUT2D eigenvalue weighted by Gasteiger charge is -2.46. The Labute approximate surface area is 198 Å². The van der Waals surface area contributed by atoms with Crippen LogP contribution in [-0.2, 0) is 28.7 Å². The highest BCUT2D eigenvalue weighted by Gasteiger charge is 2.69. The van der Waals surface area contributed by atoms with E-state index in [2.05, 4.69) is 48.5 Å². The number of esters is 1. The van der Waals surface area contributed by atoms with Gasteiger partial charge in [-0.1, -0.05) is 46.8 Å². The summed E-state index contributed by atoms with van der Waals surface area (Å²) >= 11 is 0. The van der Waals surface area contributed by atoms with E-state index >= 15 is 0 Å². The Morgan fingerprint density at radius 1 is 1.06 bits per heavy atom. The number of ether oxygens (including phenoxy) is 3. The molecule has 0 spiro atoms. The van der Waals surface area contributed by atoms with Crippen LogP contribution in [0.4, 0.5) is 0 Å². The molecule has 2 aliphatic heterocycles. The molecule has 0 aromatic heterocycles. The van der Waals surface area contributed by atoms with Crippen LogP contribution in [0.1, 0.15) is 80.6 Å². The van der Waals surface area contributed by atoms with Crippen LogP contribution in [0.15, 0.2) is 0 Å². The summed E-state index contributed by atoms with van der Waals surface area (Å²) in [6.45, 7) is 16.7. The number of fused-ring (bicyclic) bond motifs is 2. The molecule has 5 aliphatic rings. The van der Waals surface area contributed by atoms with Gasteiger partial charge in [0.2, 0.25) is 0 Å². The average Bonchev–Trinajstić information content (AvgIpc) is 3.34. The lowest BCUT2D eigenvalue weighted by Crippen LogP contribution is -2.55. The van der Waals surface area contributed by atoms with Crippen LogP contribution in [0.5, 0.6) is 0 Å². The van der Waals surface area contributed by atoms with Gasteiger partial charge in [0, 0.05) is 17.8 Å². The van der Waals surface area contributed by atoms with Crippen molar-refractivity contribution in [3.63, 3.8) is 0 Å². The van der Waals surface area contributed by atoms with Crippen LogP contribution in [0.25, 0.3) is 0 Å². The van der Waals surface area contributed by atoms with Gasteiger partial charge in [0.1, 0.15) is 0 Å². The van der Waals surface area contributed by atoms with Gasteiger partial charge in [0.25, 0.3) is 0 Å². The predicted octanol–water partition coefficient (Wildman–Crippen LogP) is 4.49. The van der Waals surface area contributed by atoms with Crippen LogP contribution in [0.3, 0.4) is 0 Å². The Kier molecular flexibility index (Phi) is 5.55. The van der Waals surface area contributed by atoms with Crippen molar-refractivity contribution >= 4 is 5.97 Å². The lowest BCUT2D eigenvalue weighted by atomic mass is 9.70. The summed E-state index contributed by atoms with van der Waals surface area (Å²) in [7, 11) is 1.42. The van der Waals surface area contributed by atoms with Crippen LogP contribution >= 0.6 is 0 Å². The Hall–Kier alpha value is -0.730. The van der Waals surface area contributed by atoms with Crippen molar-refractivity contribution in [1.82, 2.24) is 5.23 Å². The van der Waals surface area contributed by atoms with Gasteiger partial charge in [-0.2, -0.15) is 0 Å². The minimum Gasteiger partial charge on any atom is -0.467 e. The first kappa shape index (κ1) is 24.0. The fourth-order valence-corrected chi connectivity index (χ4v) is 7.76. The number of carbonyl (C=O) groups is 1. The zero-order valence-electron chi connectivity index (χ0n) is 21.7. The molecule has 2 saturated heterocycles. The SMILES string of the molecule is COC(=O)[C@@H]1ON2O[C@H](OC3C4CC[C@@](C)(C3OCC(C)(C)C)C4(C)C)C[C@H]3CC[C@@H]1[C@]32C. The van der Waals surface area contributed by atoms with Gasteiger partial charge >= 0.3 is 5.97 Å². The fourth-order valence-electron chi connectivity index (χ4n) is 7.76. The summed E-state index contributed by atoms with van der Waals surface area (Å²) in [5, 5.41) is 1.59. The molecular formula is C26H43NO6. The molecule has 0 radical (unpaired) electrons. The van der Waals surface area contributed by atoms with E-state index in [0.29, 0.717) is 18.4 Å². The monoisotopic (exact) mass is 465 g/mol. The van der Waals surface area contributed by atoms with Crippen molar-refractivity contribution in [3.8, 4) is 0 Å². The molecule has 188 valence electrons. The van der Waals surface area contributed by atoms with E-state index in [1.807, 2.05) is 0 Å². The first-order chi connectivity index (χ1) is 15.3. The second-order valence-corrected chi connectivity index (χ2v) is 13.4. The minimum absolute atomic E-state index is 0.00772. The third-order valence-corrected chi connectivity index (χ3v) is 10.2. The maximum absolute atomic E-state index is 12.4. The number of carbonyl (C=O) groups excluding carboxylic acids is 1. The molecule has 5 rings (SSSR count). The quantitative estimate of drug-likeness (QED) is 0.554. The largest absolute Gasteiger partial charge is 0.467 e.